The summed E-state index contributed by atoms with van der Waals surface area (Å²) in [5.41, 5.74) is 0.0316. The van der Waals surface area contributed by atoms with E-state index in [1.165, 1.54) is 0 Å². The summed E-state index contributed by atoms with van der Waals surface area (Å²) >= 11 is 0. The van der Waals surface area contributed by atoms with Crippen LogP contribution in [0.15, 0.2) is 29.2 Å². The Labute approximate surface area is 120 Å². The third-order valence-electron chi connectivity index (χ3n) is 3.45. The summed E-state index contributed by atoms with van der Waals surface area (Å²) in [6.45, 7) is 2.69. The second kappa shape index (κ2) is 6.22. The van der Waals surface area contributed by atoms with E-state index in [1.807, 2.05) is 12.1 Å². The lowest BCUT2D eigenvalue weighted by molar-refractivity contribution is 0.0314. The molecule has 0 amide bonds. The molecule has 1 aromatic carbocycles. The molecule has 6 heteroatoms. The number of benzene rings is 1. The summed E-state index contributed by atoms with van der Waals surface area (Å²) in [6.07, 6.45) is 2.41. The summed E-state index contributed by atoms with van der Waals surface area (Å²) in [5.74, 6) is 0. The zero-order valence-corrected chi connectivity index (χ0v) is 12.4. The summed E-state index contributed by atoms with van der Waals surface area (Å²) in [5, 5.41) is 10.1. The van der Waals surface area contributed by atoms with Crippen molar-refractivity contribution in [3.05, 3.63) is 29.8 Å². The molecule has 0 aromatic heterocycles. The average molecular weight is 299 g/mol. The number of nitrogens with one attached hydrogen (secondary N) is 1. The van der Waals surface area contributed by atoms with Gasteiger partial charge in [-0.1, -0.05) is 25.5 Å². The highest BCUT2D eigenvalue weighted by Crippen LogP contribution is 2.18. The van der Waals surface area contributed by atoms with Gasteiger partial charge in [0.1, 0.15) is 5.60 Å². The highest BCUT2D eigenvalue weighted by Gasteiger charge is 2.33. The molecule has 5 nitrogen and oxygen atoms in total. The van der Waals surface area contributed by atoms with Gasteiger partial charge in [-0.3, -0.25) is 0 Å². The number of rotatable bonds is 6. The van der Waals surface area contributed by atoms with E-state index in [0.717, 1.165) is 18.4 Å². The van der Waals surface area contributed by atoms with Gasteiger partial charge in [0.05, 0.1) is 11.5 Å². The molecule has 1 atom stereocenters. The van der Waals surface area contributed by atoms with Crippen LogP contribution in [-0.2, 0) is 21.2 Å². The molecule has 0 aliphatic carbocycles. The van der Waals surface area contributed by atoms with Gasteiger partial charge < -0.3 is 9.84 Å². The van der Waals surface area contributed by atoms with E-state index in [0.29, 0.717) is 13.0 Å². The number of sulfonamides is 1. The summed E-state index contributed by atoms with van der Waals surface area (Å²) in [7, 11) is -3.58. The first kappa shape index (κ1) is 15.4. The minimum atomic E-state index is -3.58. The molecule has 1 aromatic rings. The molecule has 1 aliphatic heterocycles. The van der Waals surface area contributed by atoms with Crippen molar-refractivity contribution in [2.75, 3.05) is 19.8 Å². The Morgan fingerprint density at radius 2 is 2.05 bits per heavy atom. The first-order valence-corrected chi connectivity index (χ1v) is 8.32. The molecular weight excluding hydrogens is 278 g/mol. The molecule has 1 saturated heterocycles. The number of ether oxygens (including phenoxy) is 1. The minimum Gasteiger partial charge on any atom is -0.386 e. The zero-order chi connectivity index (χ0) is 14.6. The van der Waals surface area contributed by atoms with Gasteiger partial charge in [-0.15, -0.1) is 0 Å². The van der Waals surface area contributed by atoms with Crippen LogP contribution in [0.25, 0.3) is 0 Å². The van der Waals surface area contributed by atoms with Crippen molar-refractivity contribution in [2.24, 2.45) is 0 Å². The average Bonchev–Trinajstić information content (AvgIpc) is 2.85. The van der Waals surface area contributed by atoms with Crippen molar-refractivity contribution < 1.29 is 18.3 Å². The summed E-state index contributed by atoms with van der Waals surface area (Å²) in [4.78, 5) is 0.222. The van der Waals surface area contributed by atoms with E-state index < -0.39 is 15.6 Å². The fourth-order valence-corrected chi connectivity index (χ4v) is 3.29. The molecule has 2 N–H and O–H groups in total. The second-order valence-electron chi connectivity index (χ2n) is 5.25. The van der Waals surface area contributed by atoms with E-state index >= 15 is 0 Å². The number of hydrogen-bond acceptors (Lipinski definition) is 4. The third-order valence-corrected chi connectivity index (χ3v) is 4.86. The molecule has 1 fully saturated rings. The fourth-order valence-electron chi connectivity index (χ4n) is 2.17. The largest absolute Gasteiger partial charge is 0.386 e. The van der Waals surface area contributed by atoms with E-state index in [9.17, 15) is 13.5 Å². The van der Waals surface area contributed by atoms with Gasteiger partial charge in [0.2, 0.25) is 10.0 Å². The maximum Gasteiger partial charge on any atom is 0.240 e. The SMILES string of the molecule is CCCc1ccc(S(=O)(=O)NC[C@@]2(O)CCOC2)cc1. The zero-order valence-electron chi connectivity index (χ0n) is 11.6. The maximum atomic E-state index is 12.1. The van der Waals surface area contributed by atoms with Gasteiger partial charge >= 0.3 is 0 Å². The minimum absolute atomic E-state index is 0.0218. The van der Waals surface area contributed by atoms with Crippen LogP contribution in [0, 0.1) is 0 Å². The highest BCUT2D eigenvalue weighted by molar-refractivity contribution is 7.89. The van der Waals surface area contributed by atoms with Crippen LogP contribution >= 0.6 is 0 Å². The number of hydrogen-bond donors (Lipinski definition) is 2. The molecule has 0 bridgehead atoms. The van der Waals surface area contributed by atoms with E-state index in [1.54, 1.807) is 12.1 Å². The summed E-state index contributed by atoms with van der Waals surface area (Å²) in [6, 6.07) is 6.85. The Morgan fingerprint density at radius 3 is 2.60 bits per heavy atom. The lowest BCUT2D eigenvalue weighted by atomic mass is 10.1. The van der Waals surface area contributed by atoms with Gasteiger partial charge in [-0.05, 0) is 24.1 Å². The molecule has 1 heterocycles. The molecule has 0 radical (unpaired) electrons. The van der Waals surface area contributed by atoms with Crippen LogP contribution in [0.2, 0.25) is 0 Å². The molecule has 0 unspecified atom stereocenters. The van der Waals surface area contributed by atoms with Crippen molar-refractivity contribution in [2.45, 2.75) is 36.7 Å². The monoisotopic (exact) mass is 299 g/mol. The number of aliphatic hydroxyl groups is 1. The van der Waals surface area contributed by atoms with Crippen LogP contribution in [0.3, 0.4) is 0 Å². The lowest BCUT2D eigenvalue weighted by Gasteiger charge is -2.20. The normalized spacial score (nSPS) is 23.1. The standard InChI is InChI=1S/C14H21NO4S/c1-2-3-12-4-6-13(7-5-12)20(17,18)15-10-14(16)8-9-19-11-14/h4-7,15-16H,2-3,8-11H2,1H3/t14-/m0/s1. The topological polar surface area (TPSA) is 75.6 Å². The Balaban J connectivity index is 2.02. The molecule has 0 spiro atoms. The van der Waals surface area contributed by atoms with Gasteiger partial charge in [-0.2, -0.15) is 0 Å². The second-order valence-corrected chi connectivity index (χ2v) is 7.01. The van der Waals surface area contributed by atoms with Gasteiger partial charge in [0.15, 0.2) is 0 Å². The van der Waals surface area contributed by atoms with Crippen molar-refractivity contribution in [3.63, 3.8) is 0 Å². The highest BCUT2D eigenvalue weighted by atomic mass is 32.2. The van der Waals surface area contributed by atoms with Crippen LogP contribution in [0.5, 0.6) is 0 Å². The van der Waals surface area contributed by atoms with Crippen molar-refractivity contribution in [3.8, 4) is 0 Å². The smallest absolute Gasteiger partial charge is 0.240 e. The van der Waals surface area contributed by atoms with Gasteiger partial charge in [0, 0.05) is 19.6 Å². The predicted octanol–water partition coefficient (Wildman–Crippen LogP) is 1.07. The van der Waals surface area contributed by atoms with Crippen molar-refractivity contribution >= 4 is 10.0 Å². The molecule has 2 rings (SSSR count). The van der Waals surface area contributed by atoms with Gasteiger partial charge in [-0.25, -0.2) is 13.1 Å². The fraction of sp³-hybridized carbons (Fsp3) is 0.571. The Morgan fingerprint density at radius 1 is 1.35 bits per heavy atom. The van der Waals surface area contributed by atoms with Crippen molar-refractivity contribution in [1.82, 2.24) is 4.72 Å². The predicted molar refractivity (Wildman–Crippen MR) is 76.0 cm³/mol. The lowest BCUT2D eigenvalue weighted by Crippen LogP contribution is -2.43. The van der Waals surface area contributed by atoms with Crippen molar-refractivity contribution in [1.29, 1.82) is 0 Å². The first-order valence-electron chi connectivity index (χ1n) is 6.84. The maximum absolute atomic E-state index is 12.1. The molecule has 0 saturated carbocycles. The van der Waals surface area contributed by atoms with E-state index in [4.69, 9.17) is 4.74 Å². The molecule has 20 heavy (non-hydrogen) atoms. The third kappa shape index (κ3) is 3.79. The van der Waals surface area contributed by atoms with Gasteiger partial charge in [0.25, 0.3) is 0 Å². The van der Waals surface area contributed by atoms with Crippen LogP contribution in [-0.4, -0.2) is 38.9 Å². The Kier molecular flexibility index (Phi) is 4.80. The molecule has 1 aliphatic rings. The van der Waals surface area contributed by atoms with Crippen LogP contribution in [0.4, 0.5) is 0 Å². The molecule has 112 valence electrons. The quantitative estimate of drug-likeness (QED) is 0.824. The number of aryl methyl sites for hydroxylation is 1. The van der Waals surface area contributed by atoms with Crippen LogP contribution < -0.4 is 4.72 Å². The Bertz CT molecular complexity index is 533. The van der Waals surface area contributed by atoms with Crippen LogP contribution in [0.1, 0.15) is 25.3 Å². The molecular formula is C14H21NO4S. The first-order chi connectivity index (χ1) is 9.45. The summed E-state index contributed by atoms with van der Waals surface area (Å²) < 4.78 is 31.8. The van der Waals surface area contributed by atoms with E-state index in [-0.39, 0.29) is 18.0 Å². The van der Waals surface area contributed by atoms with E-state index in [2.05, 4.69) is 11.6 Å². The Hall–Kier alpha value is -0.950.